The summed E-state index contributed by atoms with van der Waals surface area (Å²) in [5.74, 6) is 2.73. The molecule has 5 rings (SSSR count). The van der Waals surface area contributed by atoms with Crippen molar-refractivity contribution in [1.29, 1.82) is 0 Å². The summed E-state index contributed by atoms with van der Waals surface area (Å²) < 4.78 is 5.61. The van der Waals surface area contributed by atoms with Crippen molar-refractivity contribution >= 4 is 28.2 Å². The van der Waals surface area contributed by atoms with E-state index in [4.69, 9.17) is 20.4 Å². The van der Waals surface area contributed by atoms with Crippen molar-refractivity contribution in [1.82, 2.24) is 24.8 Å². The van der Waals surface area contributed by atoms with Crippen LogP contribution in [0, 0.1) is 0 Å². The third-order valence-corrected chi connectivity index (χ3v) is 6.15. The minimum Gasteiger partial charge on any atom is -0.494 e. The summed E-state index contributed by atoms with van der Waals surface area (Å²) in [6.45, 7) is 3.73. The maximum absolute atomic E-state index is 5.70. The molecule has 3 aromatic heterocycles. The van der Waals surface area contributed by atoms with Crippen molar-refractivity contribution in [3.63, 3.8) is 0 Å². The Kier molecular flexibility index (Phi) is 6.97. The first-order valence-electron chi connectivity index (χ1n) is 11.9. The summed E-state index contributed by atoms with van der Waals surface area (Å²) in [5, 5.41) is 7.84. The SMILES string of the molecule is COc1cncc2nc(-c3ccnc(Nc4ccccc4)c3)nc(N[C@@H]3CCN(CCCN)C3)c12. The van der Waals surface area contributed by atoms with Gasteiger partial charge >= 0.3 is 0 Å². The van der Waals surface area contributed by atoms with Crippen LogP contribution in [0.5, 0.6) is 5.75 Å². The van der Waals surface area contributed by atoms with Crippen LogP contribution >= 0.6 is 0 Å². The summed E-state index contributed by atoms with van der Waals surface area (Å²) >= 11 is 0. The summed E-state index contributed by atoms with van der Waals surface area (Å²) in [7, 11) is 1.64. The van der Waals surface area contributed by atoms with Crippen LogP contribution in [0.3, 0.4) is 0 Å². The first kappa shape index (κ1) is 22.9. The van der Waals surface area contributed by atoms with Crippen LogP contribution in [0.15, 0.2) is 61.1 Å². The zero-order chi connectivity index (χ0) is 24.0. The maximum atomic E-state index is 5.70. The van der Waals surface area contributed by atoms with Gasteiger partial charge in [0.05, 0.1) is 30.4 Å². The van der Waals surface area contributed by atoms with Crippen LogP contribution < -0.4 is 21.1 Å². The highest BCUT2D eigenvalue weighted by Crippen LogP contribution is 2.33. The van der Waals surface area contributed by atoms with E-state index in [0.717, 1.165) is 66.3 Å². The first-order chi connectivity index (χ1) is 17.2. The Bertz CT molecular complexity index is 1280. The van der Waals surface area contributed by atoms with Gasteiger partial charge in [0.1, 0.15) is 17.4 Å². The lowest BCUT2D eigenvalue weighted by Crippen LogP contribution is -2.28. The number of fused-ring (bicyclic) bond motifs is 1. The third-order valence-electron chi connectivity index (χ3n) is 6.15. The van der Waals surface area contributed by atoms with Gasteiger partial charge in [0.25, 0.3) is 0 Å². The highest BCUT2D eigenvalue weighted by molar-refractivity contribution is 5.95. The standard InChI is InChI=1S/C26H30N8O/c1-35-22-16-28-15-21-24(22)26(31-20-9-13-34(17-20)12-5-10-27)33-25(32-21)18-8-11-29-23(14-18)30-19-6-3-2-4-7-19/h2-4,6-8,11,14-16,20H,5,9-10,12-13,17,27H2,1H3,(H,29,30)(H,31,32,33)/t20-/m1/s1. The number of pyridine rings is 2. The largest absolute Gasteiger partial charge is 0.494 e. The topological polar surface area (TPSA) is 114 Å². The summed E-state index contributed by atoms with van der Waals surface area (Å²) in [5.41, 5.74) is 8.25. The van der Waals surface area contributed by atoms with Gasteiger partial charge in [-0.15, -0.1) is 0 Å². The Hall–Kier alpha value is -3.82. The van der Waals surface area contributed by atoms with Crippen molar-refractivity contribution in [2.45, 2.75) is 18.9 Å². The summed E-state index contributed by atoms with van der Waals surface area (Å²) in [6.07, 6.45) is 7.26. The number of para-hydroxylation sites is 1. The van der Waals surface area contributed by atoms with E-state index in [1.807, 2.05) is 42.5 Å². The minimum absolute atomic E-state index is 0.282. The van der Waals surface area contributed by atoms with Gasteiger partial charge in [-0.25, -0.2) is 15.0 Å². The fourth-order valence-electron chi connectivity index (χ4n) is 4.41. The van der Waals surface area contributed by atoms with Crippen LogP contribution in [-0.4, -0.2) is 64.2 Å². The molecule has 1 saturated heterocycles. The van der Waals surface area contributed by atoms with Crippen LogP contribution in [0.1, 0.15) is 12.8 Å². The Morgan fingerprint density at radius 1 is 1.14 bits per heavy atom. The quantitative estimate of drug-likeness (QED) is 0.337. The monoisotopic (exact) mass is 470 g/mol. The van der Waals surface area contributed by atoms with Crippen LogP contribution in [0.4, 0.5) is 17.3 Å². The Labute approximate surface area is 204 Å². The second-order valence-electron chi connectivity index (χ2n) is 8.63. The Morgan fingerprint density at radius 2 is 2.03 bits per heavy atom. The molecule has 4 N–H and O–H groups in total. The van der Waals surface area contributed by atoms with Crippen molar-refractivity contribution in [3.05, 3.63) is 61.1 Å². The zero-order valence-corrected chi connectivity index (χ0v) is 19.8. The number of methoxy groups -OCH3 is 1. The highest BCUT2D eigenvalue weighted by atomic mass is 16.5. The van der Waals surface area contributed by atoms with E-state index in [2.05, 4.69) is 25.5 Å². The minimum atomic E-state index is 0.282. The average Bonchev–Trinajstić information content (AvgIpc) is 3.34. The molecule has 1 aliphatic rings. The number of anilines is 3. The molecule has 0 unspecified atom stereocenters. The molecule has 9 heteroatoms. The van der Waals surface area contributed by atoms with Gasteiger partial charge in [-0.05, 0) is 50.2 Å². The van der Waals surface area contributed by atoms with Crippen molar-refractivity contribution in [2.24, 2.45) is 5.73 Å². The maximum Gasteiger partial charge on any atom is 0.162 e. The molecule has 1 fully saturated rings. The number of ether oxygens (including phenoxy) is 1. The number of nitrogens with two attached hydrogens (primary N) is 1. The van der Waals surface area contributed by atoms with Gasteiger partial charge in [0.15, 0.2) is 5.82 Å². The second-order valence-corrected chi connectivity index (χ2v) is 8.63. The zero-order valence-electron chi connectivity index (χ0n) is 19.8. The van der Waals surface area contributed by atoms with Crippen LogP contribution in [0.2, 0.25) is 0 Å². The van der Waals surface area contributed by atoms with Gasteiger partial charge in [0, 0.05) is 36.6 Å². The van der Waals surface area contributed by atoms with Gasteiger partial charge in [-0.2, -0.15) is 0 Å². The second kappa shape index (κ2) is 10.6. The van der Waals surface area contributed by atoms with E-state index in [9.17, 15) is 0 Å². The number of benzene rings is 1. The third kappa shape index (κ3) is 5.31. The highest BCUT2D eigenvalue weighted by Gasteiger charge is 2.24. The van der Waals surface area contributed by atoms with E-state index in [1.165, 1.54) is 0 Å². The van der Waals surface area contributed by atoms with E-state index < -0.39 is 0 Å². The Morgan fingerprint density at radius 3 is 2.86 bits per heavy atom. The normalized spacial score (nSPS) is 15.9. The first-order valence-corrected chi connectivity index (χ1v) is 11.9. The lowest BCUT2D eigenvalue weighted by molar-refractivity contribution is 0.333. The Balaban J connectivity index is 1.48. The average molecular weight is 471 g/mol. The van der Waals surface area contributed by atoms with E-state index in [1.54, 1.807) is 25.7 Å². The molecule has 0 aliphatic carbocycles. The fourth-order valence-corrected chi connectivity index (χ4v) is 4.41. The molecular weight excluding hydrogens is 440 g/mol. The van der Waals surface area contributed by atoms with Gasteiger partial charge in [-0.1, -0.05) is 18.2 Å². The molecule has 0 radical (unpaired) electrons. The van der Waals surface area contributed by atoms with Gasteiger partial charge in [0.2, 0.25) is 0 Å². The number of hydrogen-bond acceptors (Lipinski definition) is 9. The number of rotatable bonds is 9. The number of hydrogen-bond donors (Lipinski definition) is 3. The molecule has 180 valence electrons. The van der Waals surface area contributed by atoms with Gasteiger partial charge < -0.3 is 26.0 Å². The van der Waals surface area contributed by atoms with Crippen LogP contribution in [0.25, 0.3) is 22.3 Å². The molecule has 0 spiro atoms. The van der Waals surface area contributed by atoms with E-state index in [0.29, 0.717) is 18.1 Å². The number of likely N-dealkylation sites (tertiary alicyclic amines) is 1. The molecule has 0 bridgehead atoms. The molecule has 0 amide bonds. The molecule has 4 heterocycles. The molecule has 1 atom stereocenters. The van der Waals surface area contributed by atoms with Crippen molar-refractivity contribution in [3.8, 4) is 17.1 Å². The molecule has 1 aliphatic heterocycles. The lowest BCUT2D eigenvalue weighted by atomic mass is 10.2. The molecule has 35 heavy (non-hydrogen) atoms. The molecular formula is C26H30N8O. The summed E-state index contributed by atoms with van der Waals surface area (Å²) in [6, 6.07) is 14.1. The van der Waals surface area contributed by atoms with Crippen LogP contribution in [-0.2, 0) is 0 Å². The van der Waals surface area contributed by atoms with Crippen molar-refractivity contribution in [2.75, 3.05) is 43.9 Å². The predicted molar refractivity (Wildman–Crippen MR) is 139 cm³/mol. The smallest absolute Gasteiger partial charge is 0.162 e. The predicted octanol–water partition coefficient (Wildman–Crippen LogP) is 3.67. The number of nitrogens with zero attached hydrogens (tertiary/aromatic N) is 5. The molecule has 9 nitrogen and oxygen atoms in total. The van der Waals surface area contributed by atoms with Crippen molar-refractivity contribution < 1.29 is 4.74 Å². The summed E-state index contributed by atoms with van der Waals surface area (Å²) in [4.78, 5) is 21.0. The van der Waals surface area contributed by atoms with E-state index >= 15 is 0 Å². The lowest BCUT2D eigenvalue weighted by Gasteiger charge is -2.18. The number of aromatic nitrogens is 4. The molecule has 1 aromatic carbocycles. The fraction of sp³-hybridized carbons (Fsp3) is 0.308. The molecule has 0 saturated carbocycles. The number of nitrogens with one attached hydrogen (secondary N) is 2. The van der Waals surface area contributed by atoms with Gasteiger partial charge in [-0.3, -0.25) is 4.98 Å². The van der Waals surface area contributed by atoms with E-state index in [-0.39, 0.29) is 6.04 Å². The molecule has 4 aromatic rings.